The number of morpholine rings is 1. The zero-order chi connectivity index (χ0) is 18.6. The van der Waals surface area contributed by atoms with Gasteiger partial charge in [-0.2, -0.15) is 4.31 Å². The van der Waals surface area contributed by atoms with E-state index >= 15 is 0 Å². The van der Waals surface area contributed by atoms with Gasteiger partial charge in [0.05, 0.1) is 37.1 Å². The van der Waals surface area contributed by atoms with Gasteiger partial charge < -0.3 is 14.7 Å². The number of carbonyl (C=O) groups is 2. The summed E-state index contributed by atoms with van der Waals surface area (Å²) in [6.45, 7) is 0.244. The van der Waals surface area contributed by atoms with Gasteiger partial charge in [0.15, 0.2) is 0 Å². The Kier molecular flexibility index (Phi) is 6.39. The van der Waals surface area contributed by atoms with Crippen LogP contribution in [0.2, 0.25) is 5.02 Å². The number of carboxylic acid groups (broad SMARTS) is 1. The smallest absolute Gasteiger partial charge is 0.305 e. The Morgan fingerprint density at radius 1 is 1.36 bits per heavy atom. The molecule has 2 rings (SSSR count). The molecule has 1 atom stereocenters. The predicted octanol–water partition coefficient (Wildman–Crippen LogP) is 0.663. The highest BCUT2D eigenvalue weighted by atomic mass is 35.5. The summed E-state index contributed by atoms with van der Waals surface area (Å²) in [5, 5.41) is 9.34. The number of carboxylic acids is 1. The maximum absolute atomic E-state index is 12.5. The van der Waals surface area contributed by atoms with E-state index in [-0.39, 0.29) is 37.6 Å². The van der Waals surface area contributed by atoms with Crippen molar-refractivity contribution < 1.29 is 27.9 Å². The molecule has 1 N–H and O–H groups in total. The standard InChI is InChI=1S/C15H19ClN2O6S/c1-17(25(22,23)13-4-2-11(16)3-5-13)9-14(19)18-6-7-24-10-12(18)8-15(20)21/h2-5,12H,6-10H2,1H3,(H,20,21). The fourth-order valence-electron chi connectivity index (χ4n) is 2.51. The van der Waals surface area contributed by atoms with Crippen molar-refractivity contribution in [1.29, 1.82) is 0 Å². The molecule has 0 bridgehead atoms. The molecule has 1 saturated heterocycles. The maximum Gasteiger partial charge on any atom is 0.305 e. The lowest BCUT2D eigenvalue weighted by molar-refractivity contribution is -0.146. The summed E-state index contributed by atoms with van der Waals surface area (Å²) >= 11 is 5.76. The van der Waals surface area contributed by atoms with Gasteiger partial charge in [-0.25, -0.2) is 8.42 Å². The summed E-state index contributed by atoms with van der Waals surface area (Å²) in [6.07, 6.45) is -0.251. The molecule has 10 heteroatoms. The lowest BCUT2D eigenvalue weighted by Gasteiger charge is -2.35. The van der Waals surface area contributed by atoms with Crippen LogP contribution >= 0.6 is 11.6 Å². The minimum Gasteiger partial charge on any atom is -0.481 e. The molecule has 138 valence electrons. The van der Waals surface area contributed by atoms with Crippen molar-refractivity contribution >= 4 is 33.5 Å². The topological polar surface area (TPSA) is 104 Å². The molecule has 1 amide bonds. The molecule has 1 fully saturated rings. The number of sulfonamides is 1. The van der Waals surface area contributed by atoms with Gasteiger partial charge in [-0.1, -0.05) is 11.6 Å². The Morgan fingerprint density at radius 2 is 2.00 bits per heavy atom. The van der Waals surface area contributed by atoms with Crippen LogP contribution in [-0.2, 0) is 24.3 Å². The highest BCUT2D eigenvalue weighted by Crippen LogP contribution is 2.18. The van der Waals surface area contributed by atoms with Gasteiger partial charge in [0.1, 0.15) is 0 Å². The molecule has 0 aliphatic carbocycles. The molecule has 0 aromatic heterocycles. The number of aliphatic carboxylic acids is 1. The van der Waals surface area contributed by atoms with Crippen LogP contribution in [0.3, 0.4) is 0 Å². The zero-order valence-corrected chi connectivity index (χ0v) is 15.2. The number of amides is 1. The summed E-state index contributed by atoms with van der Waals surface area (Å²) in [5.41, 5.74) is 0. The van der Waals surface area contributed by atoms with E-state index in [0.29, 0.717) is 5.02 Å². The van der Waals surface area contributed by atoms with Crippen molar-refractivity contribution in [3.05, 3.63) is 29.3 Å². The lowest BCUT2D eigenvalue weighted by atomic mass is 10.1. The first-order valence-electron chi connectivity index (χ1n) is 7.52. The van der Waals surface area contributed by atoms with Gasteiger partial charge >= 0.3 is 5.97 Å². The van der Waals surface area contributed by atoms with Crippen LogP contribution in [0.15, 0.2) is 29.2 Å². The normalized spacial score (nSPS) is 18.4. The Labute approximate surface area is 151 Å². The number of likely N-dealkylation sites (N-methyl/N-ethyl adjacent to an activating group) is 1. The number of halogens is 1. The minimum atomic E-state index is -3.85. The van der Waals surface area contributed by atoms with Crippen molar-refractivity contribution in [2.75, 3.05) is 33.4 Å². The SMILES string of the molecule is CN(CC(=O)N1CCOCC1CC(=O)O)S(=O)(=O)c1ccc(Cl)cc1. The van der Waals surface area contributed by atoms with Gasteiger partial charge in [-0.3, -0.25) is 9.59 Å². The van der Waals surface area contributed by atoms with Crippen molar-refractivity contribution in [3.63, 3.8) is 0 Å². The quantitative estimate of drug-likeness (QED) is 0.765. The number of carbonyl (C=O) groups excluding carboxylic acids is 1. The average molecular weight is 391 g/mol. The number of rotatable bonds is 6. The molecule has 1 aromatic carbocycles. The van der Waals surface area contributed by atoms with E-state index in [4.69, 9.17) is 21.4 Å². The average Bonchev–Trinajstić information content (AvgIpc) is 2.55. The molecule has 1 unspecified atom stereocenters. The van der Waals surface area contributed by atoms with Gasteiger partial charge in [0.2, 0.25) is 15.9 Å². The second-order valence-electron chi connectivity index (χ2n) is 5.63. The third kappa shape index (κ3) is 4.91. The second-order valence-corrected chi connectivity index (χ2v) is 8.11. The highest BCUT2D eigenvalue weighted by molar-refractivity contribution is 7.89. The van der Waals surface area contributed by atoms with Gasteiger partial charge in [0.25, 0.3) is 0 Å². The Balaban J connectivity index is 2.09. The fraction of sp³-hybridized carbons (Fsp3) is 0.467. The van der Waals surface area contributed by atoms with Crippen LogP contribution in [0.25, 0.3) is 0 Å². The van der Waals surface area contributed by atoms with Gasteiger partial charge in [-0.05, 0) is 24.3 Å². The summed E-state index contributed by atoms with van der Waals surface area (Å²) in [7, 11) is -2.55. The Hall–Kier alpha value is -1.68. The van der Waals surface area contributed by atoms with Crippen LogP contribution in [-0.4, -0.2) is 74.0 Å². The molecule has 8 nitrogen and oxygen atoms in total. The van der Waals surface area contributed by atoms with Crippen molar-refractivity contribution in [1.82, 2.24) is 9.21 Å². The maximum atomic E-state index is 12.5. The number of hydrogen-bond donors (Lipinski definition) is 1. The first-order chi connectivity index (χ1) is 11.7. The van der Waals surface area contributed by atoms with Crippen LogP contribution in [0.1, 0.15) is 6.42 Å². The van der Waals surface area contributed by atoms with Crippen molar-refractivity contribution in [2.24, 2.45) is 0 Å². The Bertz CT molecular complexity index is 737. The van der Waals surface area contributed by atoms with E-state index in [9.17, 15) is 18.0 Å². The molecule has 1 aromatic rings. The van der Waals surface area contributed by atoms with E-state index in [1.54, 1.807) is 0 Å². The molecule has 1 aliphatic heterocycles. The van der Waals surface area contributed by atoms with Crippen LogP contribution in [0.5, 0.6) is 0 Å². The lowest BCUT2D eigenvalue weighted by Crippen LogP contribution is -2.52. The second kappa shape index (κ2) is 8.13. The minimum absolute atomic E-state index is 0.0243. The number of benzene rings is 1. The Morgan fingerprint density at radius 3 is 2.60 bits per heavy atom. The predicted molar refractivity (Wildman–Crippen MR) is 89.8 cm³/mol. The molecule has 0 spiro atoms. The molecule has 1 aliphatic rings. The van der Waals surface area contributed by atoms with E-state index in [1.807, 2.05) is 0 Å². The molecule has 0 saturated carbocycles. The van der Waals surface area contributed by atoms with E-state index in [1.165, 1.54) is 36.2 Å². The number of nitrogens with zero attached hydrogens (tertiary/aromatic N) is 2. The van der Waals surface area contributed by atoms with E-state index < -0.39 is 27.9 Å². The molecule has 25 heavy (non-hydrogen) atoms. The molecular formula is C15H19ClN2O6S. The van der Waals surface area contributed by atoms with Gasteiger partial charge in [0, 0.05) is 18.6 Å². The van der Waals surface area contributed by atoms with Crippen molar-refractivity contribution in [2.45, 2.75) is 17.4 Å². The van der Waals surface area contributed by atoms with Crippen LogP contribution < -0.4 is 0 Å². The van der Waals surface area contributed by atoms with Gasteiger partial charge in [-0.15, -0.1) is 0 Å². The number of hydrogen-bond acceptors (Lipinski definition) is 5. The summed E-state index contributed by atoms with van der Waals surface area (Å²) in [4.78, 5) is 24.8. The zero-order valence-electron chi connectivity index (χ0n) is 13.6. The summed E-state index contributed by atoms with van der Waals surface area (Å²) in [6, 6.07) is 5.02. The highest BCUT2D eigenvalue weighted by Gasteiger charge is 2.31. The largest absolute Gasteiger partial charge is 0.481 e. The fourth-order valence-corrected chi connectivity index (χ4v) is 3.75. The van der Waals surface area contributed by atoms with E-state index in [0.717, 1.165) is 4.31 Å². The first kappa shape index (κ1) is 19.6. The third-order valence-corrected chi connectivity index (χ3v) is 5.91. The summed E-state index contributed by atoms with van der Waals surface area (Å²) < 4.78 is 31.2. The molecule has 0 radical (unpaired) electrons. The summed E-state index contributed by atoms with van der Waals surface area (Å²) in [5.74, 6) is -1.51. The van der Waals surface area contributed by atoms with Crippen LogP contribution in [0.4, 0.5) is 0 Å². The number of ether oxygens (including phenoxy) is 1. The molecular weight excluding hydrogens is 372 g/mol. The molecule has 1 heterocycles. The van der Waals surface area contributed by atoms with E-state index in [2.05, 4.69) is 0 Å². The monoisotopic (exact) mass is 390 g/mol. The third-order valence-electron chi connectivity index (χ3n) is 3.84. The first-order valence-corrected chi connectivity index (χ1v) is 9.34. The van der Waals surface area contributed by atoms with Crippen molar-refractivity contribution in [3.8, 4) is 0 Å². The van der Waals surface area contributed by atoms with Crippen LogP contribution in [0, 0.1) is 0 Å².